The average molecular weight is 472 g/mol. The van der Waals surface area contributed by atoms with Crippen molar-refractivity contribution < 1.29 is 22.3 Å². The number of methoxy groups -OCH3 is 2. The number of hydrogen-bond acceptors (Lipinski definition) is 6. The lowest BCUT2D eigenvalue weighted by molar-refractivity contribution is 0.398. The van der Waals surface area contributed by atoms with Crippen LogP contribution in [0, 0.1) is 0 Å². The van der Waals surface area contributed by atoms with Crippen LogP contribution in [0.5, 0.6) is 11.5 Å². The molecule has 0 spiro atoms. The van der Waals surface area contributed by atoms with E-state index in [0.29, 0.717) is 29.3 Å². The Labute approximate surface area is 189 Å². The summed E-state index contributed by atoms with van der Waals surface area (Å²) >= 11 is 5.20. The van der Waals surface area contributed by atoms with Crippen LogP contribution in [0.25, 0.3) is 0 Å². The number of para-hydroxylation sites is 1. The third-order valence-electron chi connectivity index (χ3n) is 4.55. The van der Waals surface area contributed by atoms with Gasteiger partial charge in [0.15, 0.2) is 5.11 Å². The lowest BCUT2D eigenvalue weighted by atomic mass is 10.1. The third kappa shape index (κ3) is 7.95. The zero-order chi connectivity index (χ0) is 23.6. The molecule has 0 aliphatic carbocycles. The molecule has 0 fully saturated rings. The van der Waals surface area contributed by atoms with Crippen LogP contribution < -0.4 is 19.5 Å². The van der Waals surface area contributed by atoms with Crippen LogP contribution in [0.3, 0.4) is 0 Å². The van der Waals surface area contributed by atoms with Gasteiger partial charge in [-0.2, -0.15) is 0 Å². The summed E-state index contributed by atoms with van der Waals surface area (Å²) in [4.78, 5) is 4.15. The van der Waals surface area contributed by atoms with Gasteiger partial charge < -0.3 is 14.8 Å². The number of sulfonamides is 1. The largest absolute Gasteiger partial charge is 0.494 e. The van der Waals surface area contributed by atoms with Crippen molar-refractivity contribution in [3.63, 3.8) is 0 Å². The average Bonchev–Trinajstić information content (AvgIpc) is 2.74. The molecule has 0 aliphatic heterocycles. The first kappa shape index (κ1) is 26.6. The van der Waals surface area contributed by atoms with Crippen molar-refractivity contribution in [2.45, 2.75) is 45.8 Å². The van der Waals surface area contributed by atoms with Gasteiger partial charge in [0.2, 0.25) is 10.0 Å². The molecule has 1 aromatic rings. The molecule has 1 aromatic carbocycles. The van der Waals surface area contributed by atoms with Crippen molar-refractivity contribution in [1.29, 1.82) is 0 Å². The van der Waals surface area contributed by atoms with Gasteiger partial charge in [0.25, 0.3) is 0 Å². The van der Waals surface area contributed by atoms with Gasteiger partial charge in [-0.1, -0.05) is 24.6 Å². The standard InChI is InChI=1S/C21H30FN3O4S2/c1-7-14(3)17(23-13-16(22)8-2)12-15(4)31(26,27)25-21(30)24-20-18(28-5)10-9-11-19(20)29-6/h8-11,13,15H,7,12H2,1-6H3,(H2,24,25,30)/b16-8+,17-14+,23-13+. The molecule has 1 atom stereocenters. The Morgan fingerprint density at radius 2 is 1.87 bits per heavy atom. The molecule has 10 heteroatoms. The van der Waals surface area contributed by atoms with Gasteiger partial charge >= 0.3 is 0 Å². The van der Waals surface area contributed by atoms with Crippen LogP contribution in [-0.4, -0.2) is 39.2 Å². The molecule has 0 heterocycles. The normalized spacial score (nSPS) is 14.1. The Morgan fingerprint density at radius 1 is 1.29 bits per heavy atom. The second-order valence-electron chi connectivity index (χ2n) is 6.67. The van der Waals surface area contributed by atoms with E-state index >= 15 is 0 Å². The van der Waals surface area contributed by atoms with Gasteiger partial charge in [0.05, 0.1) is 25.7 Å². The minimum atomic E-state index is -3.85. The van der Waals surface area contributed by atoms with Crippen molar-refractivity contribution in [2.75, 3.05) is 19.5 Å². The maximum Gasteiger partial charge on any atom is 0.237 e. The fourth-order valence-electron chi connectivity index (χ4n) is 2.48. The summed E-state index contributed by atoms with van der Waals surface area (Å²) in [5.74, 6) is 0.391. The molecular formula is C21H30FN3O4S2. The Bertz CT molecular complexity index is 951. The van der Waals surface area contributed by atoms with Gasteiger partial charge in [0.1, 0.15) is 23.0 Å². The maximum atomic E-state index is 13.4. The Kier molecular flexibility index (Phi) is 10.6. The summed E-state index contributed by atoms with van der Waals surface area (Å²) in [5.41, 5.74) is 1.80. The SMILES string of the molecule is C\C=C(F)/C=N/C(CC(C)S(=O)(=O)NC(=S)Nc1c(OC)cccc1OC)=C(\C)CC. The summed E-state index contributed by atoms with van der Waals surface area (Å²) in [6.07, 6.45) is 3.13. The molecule has 0 saturated carbocycles. The predicted octanol–water partition coefficient (Wildman–Crippen LogP) is 4.73. The van der Waals surface area contributed by atoms with E-state index in [1.807, 2.05) is 13.8 Å². The Balaban J connectivity index is 3.01. The molecule has 2 N–H and O–H groups in total. The number of nitrogens with one attached hydrogen (secondary N) is 2. The van der Waals surface area contributed by atoms with Crippen LogP contribution in [0.1, 0.15) is 40.5 Å². The fraction of sp³-hybridized carbons (Fsp3) is 0.429. The van der Waals surface area contributed by atoms with Crippen molar-refractivity contribution in [2.24, 2.45) is 4.99 Å². The van der Waals surface area contributed by atoms with Crippen LogP contribution in [0.2, 0.25) is 0 Å². The van der Waals surface area contributed by atoms with E-state index in [0.717, 1.165) is 11.8 Å². The summed E-state index contributed by atoms with van der Waals surface area (Å²) in [6, 6.07) is 5.12. The van der Waals surface area contributed by atoms with E-state index in [-0.39, 0.29) is 11.5 Å². The highest BCUT2D eigenvalue weighted by Crippen LogP contribution is 2.34. The second-order valence-corrected chi connectivity index (χ2v) is 9.17. The Morgan fingerprint density at radius 3 is 2.35 bits per heavy atom. The van der Waals surface area contributed by atoms with E-state index in [1.165, 1.54) is 20.3 Å². The molecule has 1 unspecified atom stereocenters. The number of benzene rings is 1. The van der Waals surface area contributed by atoms with Gasteiger partial charge in [-0.25, -0.2) is 12.8 Å². The topological polar surface area (TPSA) is 89.0 Å². The highest BCUT2D eigenvalue weighted by atomic mass is 32.2. The van der Waals surface area contributed by atoms with E-state index in [9.17, 15) is 12.8 Å². The third-order valence-corrected chi connectivity index (χ3v) is 6.60. The number of aliphatic imine (C=N–C) groups is 1. The summed E-state index contributed by atoms with van der Waals surface area (Å²) < 4.78 is 52.0. The zero-order valence-electron chi connectivity index (χ0n) is 18.7. The molecule has 0 aromatic heterocycles. The molecule has 172 valence electrons. The van der Waals surface area contributed by atoms with Gasteiger partial charge in [-0.15, -0.1) is 0 Å². The van der Waals surface area contributed by atoms with Crippen LogP contribution in [-0.2, 0) is 10.0 Å². The number of nitrogens with zero attached hydrogens (tertiary/aromatic N) is 1. The first-order chi connectivity index (χ1) is 14.6. The number of hydrogen-bond donors (Lipinski definition) is 2. The monoisotopic (exact) mass is 471 g/mol. The van der Waals surface area contributed by atoms with Crippen LogP contribution in [0.4, 0.5) is 10.1 Å². The maximum absolute atomic E-state index is 13.4. The molecule has 0 aliphatic rings. The van der Waals surface area contributed by atoms with E-state index < -0.39 is 21.1 Å². The highest BCUT2D eigenvalue weighted by molar-refractivity contribution is 7.92. The van der Waals surface area contributed by atoms with Gasteiger partial charge in [-0.3, -0.25) is 9.71 Å². The summed E-state index contributed by atoms with van der Waals surface area (Å²) in [6.45, 7) is 6.86. The molecule has 31 heavy (non-hydrogen) atoms. The van der Waals surface area contributed by atoms with E-state index in [2.05, 4.69) is 15.0 Å². The lowest BCUT2D eigenvalue weighted by Gasteiger charge is -2.19. The zero-order valence-corrected chi connectivity index (χ0v) is 20.3. The molecule has 7 nitrogen and oxygen atoms in total. The van der Waals surface area contributed by atoms with Crippen molar-refractivity contribution in [3.8, 4) is 11.5 Å². The summed E-state index contributed by atoms with van der Waals surface area (Å²) in [5, 5.41) is 1.82. The number of rotatable bonds is 10. The number of thiocarbonyl (C=S) groups is 1. The first-order valence-corrected chi connectivity index (χ1v) is 11.6. The molecule has 0 saturated heterocycles. The predicted molar refractivity (Wildman–Crippen MR) is 128 cm³/mol. The molecular weight excluding hydrogens is 441 g/mol. The Hall–Kier alpha value is -2.46. The number of halogens is 1. The number of anilines is 1. The molecule has 0 radical (unpaired) electrons. The van der Waals surface area contributed by atoms with E-state index in [1.54, 1.807) is 32.0 Å². The summed E-state index contributed by atoms with van der Waals surface area (Å²) in [7, 11) is -0.887. The van der Waals surface area contributed by atoms with Crippen LogP contribution >= 0.6 is 12.2 Å². The quantitative estimate of drug-likeness (QED) is 0.379. The van der Waals surface area contributed by atoms with Gasteiger partial charge in [-0.05, 0) is 51.5 Å². The minimum Gasteiger partial charge on any atom is -0.494 e. The number of ether oxygens (including phenoxy) is 2. The fourth-order valence-corrected chi connectivity index (χ4v) is 3.82. The van der Waals surface area contributed by atoms with E-state index in [4.69, 9.17) is 21.7 Å². The first-order valence-electron chi connectivity index (χ1n) is 9.67. The van der Waals surface area contributed by atoms with Crippen molar-refractivity contribution in [1.82, 2.24) is 4.72 Å². The molecule has 1 rings (SSSR count). The highest BCUT2D eigenvalue weighted by Gasteiger charge is 2.24. The lowest BCUT2D eigenvalue weighted by Crippen LogP contribution is -2.39. The molecule has 0 amide bonds. The minimum absolute atomic E-state index is 0.100. The van der Waals surface area contributed by atoms with Crippen molar-refractivity contribution in [3.05, 3.63) is 41.4 Å². The van der Waals surface area contributed by atoms with Gasteiger partial charge in [0, 0.05) is 12.1 Å². The second kappa shape index (κ2) is 12.4. The van der Waals surface area contributed by atoms with Crippen molar-refractivity contribution >= 4 is 39.3 Å². The smallest absolute Gasteiger partial charge is 0.237 e. The molecule has 0 bridgehead atoms. The van der Waals surface area contributed by atoms with Crippen LogP contribution in [0.15, 0.2) is 46.4 Å². The number of allylic oxidation sites excluding steroid dienone is 4.